The number of nitro groups is 1. The van der Waals surface area contributed by atoms with Gasteiger partial charge in [0.05, 0.1) is 17.6 Å². The van der Waals surface area contributed by atoms with Gasteiger partial charge in [-0.25, -0.2) is 0 Å². The SMILES string of the molecule is COCC(NC(=O)[C@](C)(Cc1c[nH]c2ccccc12)Nc1nc(-c2ccc([N+](=O)[O-])cc2)co1)C1CCCCC1. The number of nitro benzene ring substituents is 1. The number of non-ortho nitro benzene ring substituents is 1. The van der Waals surface area contributed by atoms with Crippen LogP contribution < -0.4 is 10.6 Å². The van der Waals surface area contributed by atoms with Crippen LogP contribution in [0.25, 0.3) is 22.2 Å². The van der Waals surface area contributed by atoms with Gasteiger partial charge in [0.1, 0.15) is 17.5 Å². The number of ether oxygens (including phenoxy) is 1. The topological polar surface area (TPSA) is 135 Å². The molecule has 5 rings (SSSR count). The minimum atomic E-state index is -1.11. The van der Waals surface area contributed by atoms with E-state index in [2.05, 4.69) is 20.6 Å². The molecule has 0 aliphatic heterocycles. The van der Waals surface area contributed by atoms with Crippen molar-refractivity contribution in [1.29, 1.82) is 0 Å². The molecule has 1 aliphatic rings. The number of hydrogen-bond donors (Lipinski definition) is 3. The number of nitrogens with one attached hydrogen (secondary N) is 3. The molecule has 3 N–H and O–H groups in total. The second-order valence-electron chi connectivity index (χ2n) is 10.8. The molecule has 210 valence electrons. The number of benzene rings is 2. The fourth-order valence-electron chi connectivity index (χ4n) is 5.63. The van der Waals surface area contributed by atoms with Crippen LogP contribution in [0, 0.1) is 16.0 Å². The summed E-state index contributed by atoms with van der Waals surface area (Å²) in [6, 6.07) is 14.2. The number of amides is 1. The average molecular weight is 546 g/mol. The first-order chi connectivity index (χ1) is 19.4. The van der Waals surface area contributed by atoms with Gasteiger partial charge in [-0.2, -0.15) is 4.98 Å². The standard InChI is InChI=1S/C30H35N5O5/c1-30(16-22-17-31-25-11-7-6-10-24(22)25,28(36)32-26(18-39-2)20-8-4-3-5-9-20)34-29-33-27(19-40-29)21-12-14-23(15-13-21)35(37)38/h6-7,10-15,17,19-20,26,31H,3-5,8-9,16,18H2,1-2H3,(H,32,36)(H,33,34)/t26?,30-/m0/s1. The minimum Gasteiger partial charge on any atom is -0.431 e. The molecule has 0 radical (unpaired) electrons. The predicted molar refractivity (Wildman–Crippen MR) is 153 cm³/mol. The maximum absolute atomic E-state index is 14.1. The highest BCUT2D eigenvalue weighted by Crippen LogP contribution is 2.30. The number of fused-ring (bicyclic) bond motifs is 1. The van der Waals surface area contributed by atoms with Gasteiger partial charge in [-0.3, -0.25) is 14.9 Å². The van der Waals surface area contributed by atoms with Crippen LogP contribution in [-0.4, -0.2) is 46.1 Å². The van der Waals surface area contributed by atoms with Gasteiger partial charge in [0, 0.05) is 48.3 Å². The number of carbonyl (C=O) groups is 1. The van der Waals surface area contributed by atoms with Gasteiger partial charge in [0.15, 0.2) is 0 Å². The molecule has 2 aromatic heterocycles. The third kappa shape index (κ3) is 6.02. The van der Waals surface area contributed by atoms with Gasteiger partial charge in [0.2, 0.25) is 5.91 Å². The average Bonchev–Trinajstić information content (AvgIpc) is 3.60. The quantitative estimate of drug-likeness (QED) is 0.159. The van der Waals surface area contributed by atoms with Crippen LogP contribution in [0.3, 0.4) is 0 Å². The van der Waals surface area contributed by atoms with E-state index in [0.717, 1.165) is 42.1 Å². The zero-order chi connectivity index (χ0) is 28.1. The number of hydrogen-bond acceptors (Lipinski definition) is 7. The third-order valence-electron chi connectivity index (χ3n) is 7.86. The number of para-hydroxylation sites is 1. The fraction of sp³-hybridized carbons (Fsp3) is 0.400. The molecule has 40 heavy (non-hydrogen) atoms. The lowest BCUT2D eigenvalue weighted by atomic mass is 9.83. The van der Waals surface area contributed by atoms with Crippen molar-refractivity contribution < 1.29 is 18.9 Å². The normalized spacial score (nSPS) is 16.4. The van der Waals surface area contributed by atoms with Crippen LogP contribution in [0.2, 0.25) is 0 Å². The van der Waals surface area contributed by atoms with E-state index in [-0.39, 0.29) is 23.7 Å². The molecule has 1 aliphatic carbocycles. The highest BCUT2D eigenvalue weighted by Gasteiger charge is 2.38. The first kappa shape index (κ1) is 27.4. The Kier molecular flexibility index (Phi) is 8.16. The number of nitrogens with zero attached hydrogens (tertiary/aromatic N) is 2. The number of methoxy groups -OCH3 is 1. The molecule has 10 heteroatoms. The number of H-pyrrole nitrogens is 1. The maximum atomic E-state index is 14.1. The monoisotopic (exact) mass is 545 g/mol. The van der Waals surface area contributed by atoms with Crippen molar-refractivity contribution in [2.24, 2.45) is 5.92 Å². The second-order valence-corrected chi connectivity index (χ2v) is 10.8. The van der Waals surface area contributed by atoms with E-state index in [1.54, 1.807) is 19.2 Å². The Morgan fingerprint density at radius 2 is 1.95 bits per heavy atom. The van der Waals surface area contributed by atoms with Crippen molar-refractivity contribution in [1.82, 2.24) is 15.3 Å². The Labute approximate surface area is 232 Å². The summed E-state index contributed by atoms with van der Waals surface area (Å²) >= 11 is 0. The maximum Gasteiger partial charge on any atom is 0.295 e. The molecule has 1 unspecified atom stereocenters. The Morgan fingerprint density at radius 3 is 2.67 bits per heavy atom. The molecule has 0 saturated heterocycles. The number of aromatic amines is 1. The number of rotatable bonds is 11. The predicted octanol–water partition coefficient (Wildman–Crippen LogP) is 5.86. The van der Waals surface area contributed by atoms with Crippen LogP contribution >= 0.6 is 0 Å². The van der Waals surface area contributed by atoms with Crippen molar-refractivity contribution in [3.05, 3.63) is 76.7 Å². The number of aromatic nitrogens is 2. The van der Waals surface area contributed by atoms with Gasteiger partial charge < -0.3 is 24.8 Å². The Hall–Kier alpha value is -4.18. The van der Waals surface area contributed by atoms with Gasteiger partial charge in [-0.15, -0.1) is 0 Å². The van der Waals surface area contributed by atoms with E-state index in [4.69, 9.17) is 9.15 Å². The molecule has 2 aromatic carbocycles. The largest absolute Gasteiger partial charge is 0.431 e. The minimum absolute atomic E-state index is 0.00264. The van der Waals surface area contributed by atoms with Crippen molar-refractivity contribution in [2.75, 3.05) is 19.0 Å². The van der Waals surface area contributed by atoms with Crippen molar-refractivity contribution in [3.8, 4) is 11.3 Å². The summed E-state index contributed by atoms with van der Waals surface area (Å²) in [5, 5.41) is 18.6. The summed E-state index contributed by atoms with van der Waals surface area (Å²) in [7, 11) is 1.66. The summed E-state index contributed by atoms with van der Waals surface area (Å²) in [6.45, 7) is 2.30. The first-order valence-electron chi connectivity index (χ1n) is 13.7. The van der Waals surface area contributed by atoms with Gasteiger partial charge >= 0.3 is 0 Å². The summed E-state index contributed by atoms with van der Waals surface area (Å²) in [4.78, 5) is 32.5. The lowest BCUT2D eigenvalue weighted by Crippen LogP contribution is -2.56. The Morgan fingerprint density at radius 1 is 1.20 bits per heavy atom. The summed E-state index contributed by atoms with van der Waals surface area (Å²) < 4.78 is 11.3. The van der Waals surface area contributed by atoms with Crippen LogP contribution in [0.15, 0.2) is 65.4 Å². The summed E-state index contributed by atoms with van der Waals surface area (Å²) in [5.41, 5.74) is 2.05. The molecular formula is C30H35N5O5. The third-order valence-corrected chi connectivity index (χ3v) is 7.86. The lowest BCUT2D eigenvalue weighted by molar-refractivity contribution is -0.384. The second kappa shape index (κ2) is 11.9. The Bertz CT molecular complexity index is 1460. The van der Waals surface area contributed by atoms with Crippen LogP contribution in [-0.2, 0) is 16.0 Å². The van der Waals surface area contributed by atoms with Gasteiger partial charge in [0.25, 0.3) is 11.7 Å². The molecule has 1 saturated carbocycles. The smallest absolute Gasteiger partial charge is 0.295 e. The zero-order valence-electron chi connectivity index (χ0n) is 22.8. The fourth-order valence-corrected chi connectivity index (χ4v) is 5.63. The summed E-state index contributed by atoms with van der Waals surface area (Å²) in [5.74, 6) is 0.200. The van der Waals surface area contributed by atoms with Crippen LogP contribution in [0.5, 0.6) is 0 Å². The van der Waals surface area contributed by atoms with Crippen molar-refractivity contribution >= 4 is 28.5 Å². The molecule has 10 nitrogen and oxygen atoms in total. The van der Waals surface area contributed by atoms with Gasteiger partial charge in [-0.05, 0) is 49.4 Å². The molecule has 2 heterocycles. The van der Waals surface area contributed by atoms with Crippen LogP contribution in [0.1, 0.15) is 44.6 Å². The van der Waals surface area contributed by atoms with E-state index in [9.17, 15) is 14.9 Å². The van der Waals surface area contributed by atoms with E-state index >= 15 is 0 Å². The molecular weight excluding hydrogens is 510 g/mol. The van der Waals surface area contributed by atoms with E-state index in [1.807, 2.05) is 37.4 Å². The summed E-state index contributed by atoms with van der Waals surface area (Å²) in [6.07, 6.45) is 9.47. The highest BCUT2D eigenvalue weighted by molar-refractivity contribution is 5.91. The molecule has 0 spiro atoms. The number of oxazole rings is 1. The number of carbonyl (C=O) groups excluding carboxylic acids is 1. The van der Waals surface area contributed by atoms with E-state index < -0.39 is 10.5 Å². The molecule has 2 atom stereocenters. The van der Waals surface area contributed by atoms with E-state index in [0.29, 0.717) is 30.2 Å². The molecule has 1 amide bonds. The molecule has 0 bridgehead atoms. The van der Waals surface area contributed by atoms with Gasteiger partial charge in [-0.1, -0.05) is 37.5 Å². The van der Waals surface area contributed by atoms with Crippen molar-refractivity contribution in [2.45, 2.75) is 57.0 Å². The van der Waals surface area contributed by atoms with Crippen molar-refractivity contribution in [3.63, 3.8) is 0 Å². The highest BCUT2D eigenvalue weighted by atomic mass is 16.6. The van der Waals surface area contributed by atoms with E-state index in [1.165, 1.54) is 24.8 Å². The zero-order valence-corrected chi connectivity index (χ0v) is 22.8. The molecule has 1 fully saturated rings. The lowest BCUT2D eigenvalue weighted by Gasteiger charge is -2.35. The van der Waals surface area contributed by atoms with Crippen LogP contribution in [0.4, 0.5) is 11.7 Å². The Balaban J connectivity index is 1.42. The molecule has 4 aromatic rings. The number of anilines is 1. The first-order valence-corrected chi connectivity index (χ1v) is 13.7.